The lowest BCUT2D eigenvalue weighted by Crippen LogP contribution is -2.46. The van der Waals surface area contributed by atoms with Crippen LogP contribution in [0.15, 0.2) is 16.6 Å². The van der Waals surface area contributed by atoms with E-state index in [1.807, 2.05) is 13.8 Å². The summed E-state index contributed by atoms with van der Waals surface area (Å²) in [4.78, 5) is 14.8. The molecule has 2 rings (SSSR count). The van der Waals surface area contributed by atoms with Crippen molar-refractivity contribution in [2.45, 2.75) is 19.9 Å². The SMILES string of the molecule is CCOc1c(Br)cc(C(=O)NC(C)CN2CCOCC2)cc1OC. The first-order valence-corrected chi connectivity index (χ1v) is 8.95. The van der Waals surface area contributed by atoms with Gasteiger partial charge in [0.05, 0.1) is 31.4 Å². The highest BCUT2D eigenvalue weighted by Gasteiger charge is 2.18. The van der Waals surface area contributed by atoms with E-state index in [0.717, 1.165) is 32.8 Å². The molecule has 0 radical (unpaired) electrons. The summed E-state index contributed by atoms with van der Waals surface area (Å²) in [6.45, 7) is 8.56. The van der Waals surface area contributed by atoms with Crippen LogP contribution in [0.25, 0.3) is 0 Å². The summed E-state index contributed by atoms with van der Waals surface area (Å²) in [5.41, 5.74) is 0.538. The standard InChI is InChI=1S/C17H25BrN2O4/c1-4-24-16-14(18)9-13(10-15(16)22-3)17(21)19-12(2)11-20-5-7-23-8-6-20/h9-10,12H,4-8,11H2,1-3H3,(H,19,21). The Bertz CT molecular complexity index is 562. The van der Waals surface area contributed by atoms with Crippen molar-refractivity contribution in [1.82, 2.24) is 10.2 Å². The minimum Gasteiger partial charge on any atom is -0.493 e. The van der Waals surface area contributed by atoms with Crippen molar-refractivity contribution in [3.8, 4) is 11.5 Å². The summed E-state index contributed by atoms with van der Waals surface area (Å²) in [5.74, 6) is 1.02. The van der Waals surface area contributed by atoms with Gasteiger partial charge in [-0.25, -0.2) is 0 Å². The third kappa shape index (κ3) is 5.09. The molecule has 1 aliphatic rings. The highest BCUT2D eigenvalue weighted by Crippen LogP contribution is 2.36. The number of methoxy groups -OCH3 is 1. The maximum atomic E-state index is 12.5. The van der Waals surface area contributed by atoms with Crippen LogP contribution in [0, 0.1) is 0 Å². The lowest BCUT2D eigenvalue weighted by atomic mass is 10.1. The summed E-state index contributed by atoms with van der Waals surface area (Å²) in [6.07, 6.45) is 0. The molecule has 134 valence electrons. The summed E-state index contributed by atoms with van der Waals surface area (Å²) < 4.78 is 16.9. The lowest BCUT2D eigenvalue weighted by molar-refractivity contribution is 0.0342. The Morgan fingerprint density at radius 3 is 2.75 bits per heavy atom. The zero-order chi connectivity index (χ0) is 17.5. The van der Waals surface area contributed by atoms with Crippen molar-refractivity contribution in [3.63, 3.8) is 0 Å². The topological polar surface area (TPSA) is 60.0 Å². The van der Waals surface area contributed by atoms with Crippen LogP contribution in [0.2, 0.25) is 0 Å². The van der Waals surface area contributed by atoms with Crippen LogP contribution in [0.5, 0.6) is 11.5 Å². The first-order valence-electron chi connectivity index (χ1n) is 8.16. The van der Waals surface area contributed by atoms with Gasteiger partial charge in [-0.2, -0.15) is 0 Å². The zero-order valence-corrected chi connectivity index (χ0v) is 16.0. The van der Waals surface area contributed by atoms with Gasteiger partial charge in [-0.05, 0) is 41.9 Å². The van der Waals surface area contributed by atoms with Crippen molar-refractivity contribution in [3.05, 3.63) is 22.2 Å². The van der Waals surface area contributed by atoms with Gasteiger partial charge in [-0.3, -0.25) is 9.69 Å². The number of carbonyl (C=O) groups excluding carboxylic acids is 1. The monoisotopic (exact) mass is 400 g/mol. The van der Waals surface area contributed by atoms with Gasteiger partial charge in [-0.15, -0.1) is 0 Å². The average molecular weight is 401 g/mol. The number of morpholine rings is 1. The lowest BCUT2D eigenvalue weighted by Gasteiger charge is -2.29. The number of carbonyl (C=O) groups is 1. The number of nitrogens with one attached hydrogen (secondary N) is 1. The van der Waals surface area contributed by atoms with Crippen molar-refractivity contribution >= 4 is 21.8 Å². The molecule has 6 nitrogen and oxygen atoms in total. The second-order valence-electron chi connectivity index (χ2n) is 5.71. The fourth-order valence-electron chi connectivity index (χ4n) is 2.66. The first kappa shape index (κ1) is 19.0. The number of ether oxygens (including phenoxy) is 3. The van der Waals surface area contributed by atoms with E-state index < -0.39 is 0 Å². The zero-order valence-electron chi connectivity index (χ0n) is 14.4. The van der Waals surface area contributed by atoms with Crippen LogP contribution in [0.4, 0.5) is 0 Å². The second-order valence-corrected chi connectivity index (χ2v) is 6.56. The van der Waals surface area contributed by atoms with E-state index in [4.69, 9.17) is 14.2 Å². The molecule has 1 aromatic rings. The molecule has 7 heteroatoms. The Morgan fingerprint density at radius 1 is 1.42 bits per heavy atom. The Morgan fingerprint density at radius 2 is 2.12 bits per heavy atom. The van der Waals surface area contributed by atoms with E-state index in [-0.39, 0.29) is 11.9 Å². The molecule has 1 unspecified atom stereocenters. The van der Waals surface area contributed by atoms with Gasteiger partial charge in [0.1, 0.15) is 0 Å². The number of benzene rings is 1. The minimum atomic E-state index is -0.127. The largest absolute Gasteiger partial charge is 0.493 e. The van der Waals surface area contributed by atoms with E-state index in [2.05, 4.69) is 26.1 Å². The third-order valence-corrected chi connectivity index (χ3v) is 4.38. The maximum absolute atomic E-state index is 12.5. The predicted octanol–water partition coefficient (Wildman–Crippen LogP) is 2.31. The normalized spacial score (nSPS) is 16.5. The van der Waals surface area contributed by atoms with Gasteiger partial charge in [-0.1, -0.05) is 0 Å². The number of rotatable bonds is 7. The van der Waals surface area contributed by atoms with E-state index in [1.54, 1.807) is 19.2 Å². The summed E-state index contributed by atoms with van der Waals surface area (Å²) in [5, 5.41) is 3.03. The number of hydrogen-bond donors (Lipinski definition) is 1. The Labute approximate surface area is 151 Å². The molecule has 1 heterocycles. The van der Waals surface area contributed by atoms with Crippen LogP contribution in [-0.2, 0) is 4.74 Å². The van der Waals surface area contributed by atoms with Crippen molar-refractivity contribution in [2.24, 2.45) is 0 Å². The molecule has 1 fully saturated rings. The van der Waals surface area contributed by atoms with Crippen LogP contribution >= 0.6 is 15.9 Å². The van der Waals surface area contributed by atoms with Crippen LogP contribution in [0.3, 0.4) is 0 Å². The Hall–Kier alpha value is -1.31. The van der Waals surface area contributed by atoms with Gasteiger partial charge >= 0.3 is 0 Å². The molecule has 1 amide bonds. The van der Waals surface area contributed by atoms with E-state index >= 15 is 0 Å². The molecule has 1 aliphatic heterocycles. The molecule has 0 saturated carbocycles. The van der Waals surface area contributed by atoms with Gasteiger partial charge in [0, 0.05) is 31.2 Å². The van der Waals surface area contributed by atoms with Crippen molar-refractivity contribution in [2.75, 3.05) is 46.6 Å². The number of halogens is 1. The minimum absolute atomic E-state index is 0.0481. The van der Waals surface area contributed by atoms with Crippen molar-refractivity contribution in [1.29, 1.82) is 0 Å². The molecule has 0 aromatic heterocycles. The highest BCUT2D eigenvalue weighted by atomic mass is 79.9. The van der Waals surface area contributed by atoms with Crippen molar-refractivity contribution < 1.29 is 19.0 Å². The molecule has 1 atom stereocenters. The molecule has 1 aromatic carbocycles. The fraction of sp³-hybridized carbons (Fsp3) is 0.588. The van der Waals surface area contributed by atoms with Crippen LogP contribution < -0.4 is 14.8 Å². The Balaban J connectivity index is 2.01. The van der Waals surface area contributed by atoms with E-state index in [1.165, 1.54) is 0 Å². The third-order valence-electron chi connectivity index (χ3n) is 3.79. The molecule has 1 N–H and O–H groups in total. The molecule has 0 spiro atoms. The summed E-state index contributed by atoms with van der Waals surface area (Å²) >= 11 is 3.45. The number of nitrogens with zero attached hydrogens (tertiary/aromatic N) is 1. The van der Waals surface area contributed by atoms with E-state index in [9.17, 15) is 4.79 Å². The number of amides is 1. The predicted molar refractivity (Wildman–Crippen MR) is 96.1 cm³/mol. The van der Waals surface area contributed by atoms with E-state index in [0.29, 0.717) is 28.1 Å². The first-order chi connectivity index (χ1) is 11.5. The van der Waals surface area contributed by atoms with Crippen LogP contribution in [-0.4, -0.2) is 63.4 Å². The quantitative estimate of drug-likeness (QED) is 0.760. The second kappa shape index (κ2) is 9.25. The molecule has 24 heavy (non-hydrogen) atoms. The molecule has 0 bridgehead atoms. The summed E-state index contributed by atoms with van der Waals surface area (Å²) in [7, 11) is 1.56. The van der Waals surface area contributed by atoms with Gasteiger partial charge in [0.2, 0.25) is 0 Å². The maximum Gasteiger partial charge on any atom is 0.251 e. The molecular weight excluding hydrogens is 376 g/mol. The van der Waals surface area contributed by atoms with Gasteiger partial charge in [0.25, 0.3) is 5.91 Å². The highest BCUT2D eigenvalue weighted by molar-refractivity contribution is 9.10. The van der Waals surface area contributed by atoms with Gasteiger partial charge in [0.15, 0.2) is 11.5 Å². The van der Waals surface area contributed by atoms with Crippen LogP contribution in [0.1, 0.15) is 24.2 Å². The number of hydrogen-bond acceptors (Lipinski definition) is 5. The Kier molecular flexibility index (Phi) is 7.33. The fourth-order valence-corrected chi connectivity index (χ4v) is 3.22. The summed E-state index contributed by atoms with van der Waals surface area (Å²) in [6, 6.07) is 3.50. The van der Waals surface area contributed by atoms with Gasteiger partial charge < -0.3 is 19.5 Å². The molecule has 1 saturated heterocycles. The smallest absolute Gasteiger partial charge is 0.251 e. The molecular formula is C17H25BrN2O4. The average Bonchev–Trinajstić information content (AvgIpc) is 2.57. The molecule has 0 aliphatic carbocycles.